The molecule has 0 heterocycles. The molecule has 1 atom stereocenters. The molecule has 0 aromatic rings. The van der Waals surface area contributed by atoms with E-state index in [1.807, 2.05) is 11.8 Å². The molecule has 0 rings (SSSR count). The third kappa shape index (κ3) is 21.7. The number of carbonyl (C=O) groups is 2. The van der Waals surface area contributed by atoms with E-state index in [9.17, 15) is 9.59 Å². The van der Waals surface area contributed by atoms with Gasteiger partial charge in [0.1, 0.15) is 6.29 Å². The van der Waals surface area contributed by atoms with Crippen LogP contribution in [0.15, 0.2) is 0 Å². The van der Waals surface area contributed by atoms with Gasteiger partial charge in [-0.25, -0.2) is 0 Å². The Bertz CT molecular complexity index is 433. The fourth-order valence-corrected chi connectivity index (χ4v) is 5.23. The van der Waals surface area contributed by atoms with E-state index in [4.69, 9.17) is 4.74 Å². The van der Waals surface area contributed by atoms with Crippen LogP contribution in [-0.2, 0) is 14.3 Å². The lowest BCUT2D eigenvalue weighted by atomic mass is 10.1. The van der Waals surface area contributed by atoms with Crippen LogP contribution < -0.4 is 0 Å². The summed E-state index contributed by atoms with van der Waals surface area (Å²) in [5.74, 6) is 2.10. The van der Waals surface area contributed by atoms with Crippen molar-refractivity contribution in [2.45, 2.75) is 124 Å². The van der Waals surface area contributed by atoms with Gasteiger partial charge >= 0.3 is 5.97 Å². The molecule has 0 aliphatic carbocycles. The Morgan fingerprint density at radius 2 is 1.45 bits per heavy atom. The van der Waals surface area contributed by atoms with Gasteiger partial charge in [0.2, 0.25) is 0 Å². The number of hydrogen-bond acceptors (Lipinski definition) is 5. The van der Waals surface area contributed by atoms with E-state index in [0.717, 1.165) is 82.4 Å². The lowest BCUT2D eigenvalue weighted by Gasteiger charge is -2.22. The molecule has 0 fully saturated rings. The maximum absolute atomic E-state index is 12.8. The number of rotatable bonds is 26. The number of thioether (sulfide) groups is 1. The highest BCUT2D eigenvalue weighted by Gasteiger charge is 2.21. The first-order valence-electron chi connectivity index (χ1n) is 14.1. The largest absolute Gasteiger partial charge is 0.465 e. The highest BCUT2D eigenvalue weighted by Crippen LogP contribution is 2.18. The minimum Gasteiger partial charge on any atom is -0.465 e. The van der Waals surface area contributed by atoms with Gasteiger partial charge in [0.15, 0.2) is 0 Å². The zero-order chi connectivity index (χ0) is 24.4. The van der Waals surface area contributed by atoms with Crippen molar-refractivity contribution in [3.8, 4) is 0 Å². The molecule has 33 heavy (non-hydrogen) atoms. The number of hydrogen-bond donors (Lipinski definition) is 0. The number of aldehydes is 1. The molecule has 0 bridgehead atoms. The van der Waals surface area contributed by atoms with E-state index < -0.39 is 0 Å². The highest BCUT2D eigenvalue weighted by atomic mass is 32.2. The summed E-state index contributed by atoms with van der Waals surface area (Å²) in [5, 5.41) is 0. The zero-order valence-electron chi connectivity index (χ0n) is 22.3. The van der Waals surface area contributed by atoms with Gasteiger partial charge in [-0.2, -0.15) is 11.8 Å². The zero-order valence-corrected chi connectivity index (χ0v) is 23.1. The van der Waals surface area contributed by atoms with Crippen LogP contribution in [0.5, 0.6) is 0 Å². The van der Waals surface area contributed by atoms with Crippen molar-refractivity contribution in [2.24, 2.45) is 5.92 Å². The highest BCUT2D eigenvalue weighted by molar-refractivity contribution is 7.99. The van der Waals surface area contributed by atoms with E-state index in [1.54, 1.807) is 0 Å². The van der Waals surface area contributed by atoms with Crippen molar-refractivity contribution < 1.29 is 14.3 Å². The van der Waals surface area contributed by atoms with Gasteiger partial charge in [-0.1, -0.05) is 85.0 Å². The molecule has 5 heteroatoms. The van der Waals surface area contributed by atoms with Crippen molar-refractivity contribution in [3.63, 3.8) is 0 Å². The maximum atomic E-state index is 12.8. The van der Waals surface area contributed by atoms with Crippen molar-refractivity contribution in [2.75, 3.05) is 37.7 Å². The predicted octanol–water partition coefficient (Wildman–Crippen LogP) is 7.68. The average Bonchev–Trinajstić information content (AvgIpc) is 2.82. The number of carbonyl (C=O) groups excluding carboxylic acids is 2. The normalized spacial score (nSPS) is 12.2. The van der Waals surface area contributed by atoms with Crippen LogP contribution >= 0.6 is 11.8 Å². The average molecular weight is 486 g/mol. The first-order chi connectivity index (χ1) is 16.2. The minimum absolute atomic E-state index is 0.0144. The summed E-state index contributed by atoms with van der Waals surface area (Å²) in [6, 6.07) is 0. The van der Waals surface area contributed by atoms with Crippen LogP contribution in [0.25, 0.3) is 0 Å². The van der Waals surface area contributed by atoms with E-state index in [0.29, 0.717) is 13.0 Å². The summed E-state index contributed by atoms with van der Waals surface area (Å²) in [7, 11) is 0. The molecule has 4 nitrogen and oxygen atoms in total. The molecule has 0 radical (unpaired) electrons. The second-order valence-corrected chi connectivity index (χ2v) is 10.5. The van der Waals surface area contributed by atoms with Gasteiger partial charge in [-0.3, -0.25) is 4.79 Å². The van der Waals surface area contributed by atoms with Crippen LogP contribution in [0.4, 0.5) is 0 Å². The number of unbranched alkanes of at least 4 members (excludes halogenated alkanes) is 12. The second-order valence-electron chi connectivity index (χ2n) is 9.36. The lowest BCUT2D eigenvalue weighted by Crippen LogP contribution is -2.30. The van der Waals surface area contributed by atoms with E-state index in [2.05, 4.69) is 25.7 Å². The fraction of sp³-hybridized carbons (Fsp3) is 0.929. The summed E-state index contributed by atoms with van der Waals surface area (Å²) >= 11 is 1.94. The van der Waals surface area contributed by atoms with Crippen LogP contribution in [0.2, 0.25) is 0 Å². The van der Waals surface area contributed by atoms with Crippen molar-refractivity contribution >= 4 is 24.0 Å². The summed E-state index contributed by atoms with van der Waals surface area (Å²) in [4.78, 5) is 25.6. The summed E-state index contributed by atoms with van der Waals surface area (Å²) < 4.78 is 5.69. The fourth-order valence-electron chi connectivity index (χ4n) is 4.07. The van der Waals surface area contributed by atoms with Crippen LogP contribution in [0, 0.1) is 5.92 Å². The van der Waals surface area contributed by atoms with Crippen LogP contribution in [-0.4, -0.2) is 54.9 Å². The Kier molecular flexibility index (Phi) is 25.6. The number of nitrogens with zero attached hydrogens (tertiary/aromatic N) is 1. The maximum Gasteiger partial charge on any atom is 0.309 e. The molecule has 196 valence electrons. The van der Waals surface area contributed by atoms with Gasteiger partial charge in [0, 0.05) is 12.2 Å². The monoisotopic (exact) mass is 485 g/mol. The van der Waals surface area contributed by atoms with E-state index >= 15 is 0 Å². The molecule has 0 saturated heterocycles. The van der Waals surface area contributed by atoms with Gasteiger partial charge in [-0.15, -0.1) is 0 Å². The predicted molar refractivity (Wildman–Crippen MR) is 145 cm³/mol. The van der Waals surface area contributed by atoms with Gasteiger partial charge < -0.3 is 14.4 Å². The van der Waals surface area contributed by atoms with Crippen molar-refractivity contribution in [1.82, 2.24) is 4.90 Å². The molecule has 0 saturated carbocycles. The first-order valence-corrected chi connectivity index (χ1v) is 15.2. The quantitative estimate of drug-likeness (QED) is 0.0714. The lowest BCUT2D eigenvalue weighted by molar-refractivity contribution is -0.148. The molecule has 0 aromatic heterocycles. The van der Waals surface area contributed by atoms with E-state index in [-0.39, 0.29) is 11.9 Å². The molecular formula is C28H55NO3S. The van der Waals surface area contributed by atoms with E-state index in [1.165, 1.54) is 51.4 Å². The summed E-state index contributed by atoms with van der Waals surface area (Å²) in [6.45, 7) is 10.4. The summed E-state index contributed by atoms with van der Waals surface area (Å²) in [6.07, 6.45) is 19.6. The van der Waals surface area contributed by atoms with Crippen molar-refractivity contribution in [3.05, 3.63) is 0 Å². The third-order valence-corrected chi connectivity index (χ3v) is 7.50. The number of ether oxygens (including phenoxy) is 1. The summed E-state index contributed by atoms with van der Waals surface area (Å²) in [5.41, 5.74) is 0. The molecule has 1 unspecified atom stereocenters. The molecule has 0 aliphatic rings. The third-order valence-electron chi connectivity index (χ3n) is 6.29. The molecular weight excluding hydrogens is 430 g/mol. The molecule has 0 amide bonds. The Morgan fingerprint density at radius 3 is 2.09 bits per heavy atom. The SMILES string of the molecule is CCCCCCCCCSCC(CCN(CC)CCC)C(=O)OCCCCCCCCC=O. The Balaban J connectivity index is 4.16. The smallest absolute Gasteiger partial charge is 0.309 e. The van der Waals surface area contributed by atoms with Gasteiger partial charge in [0.25, 0.3) is 0 Å². The Labute approximate surface area is 210 Å². The second kappa shape index (κ2) is 26.1. The Hall–Kier alpha value is -0.550. The molecule has 0 spiro atoms. The Morgan fingerprint density at radius 1 is 0.818 bits per heavy atom. The topological polar surface area (TPSA) is 46.6 Å². The van der Waals surface area contributed by atoms with Crippen LogP contribution in [0.1, 0.15) is 124 Å². The van der Waals surface area contributed by atoms with Crippen LogP contribution in [0.3, 0.4) is 0 Å². The minimum atomic E-state index is 0.0144. The van der Waals surface area contributed by atoms with Crippen molar-refractivity contribution in [1.29, 1.82) is 0 Å². The van der Waals surface area contributed by atoms with Gasteiger partial charge in [-0.05, 0) is 57.5 Å². The first kappa shape index (κ1) is 32.5. The van der Waals surface area contributed by atoms with Gasteiger partial charge in [0.05, 0.1) is 12.5 Å². The standard InChI is InChI=1S/C28H55NO3S/c1-4-7-8-9-13-16-19-25-33-26-27(20-22-29(6-3)21-5-2)28(31)32-24-18-15-12-10-11-14-17-23-30/h23,27H,4-22,24-26H2,1-3H3. The molecule has 0 aromatic carbocycles. The molecule has 0 N–H and O–H groups in total. The number of esters is 1. The molecule has 0 aliphatic heterocycles.